The molecular formula is C22H31N3O2. The summed E-state index contributed by atoms with van der Waals surface area (Å²) in [6.07, 6.45) is 3.81. The van der Waals surface area contributed by atoms with Crippen LogP contribution in [-0.4, -0.2) is 21.8 Å². The molecule has 0 saturated carbocycles. The van der Waals surface area contributed by atoms with Gasteiger partial charge >= 0.3 is 0 Å². The van der Waals surface area contributed by atoms with Gasteiger partial charge in [0.05, 0.1) is 12.6 Å². The topological polar surface area (TPSA) is 66.6 Å². The van der Waals surface area contributed by atoms with Gasteiger partial charge in [0.2, 0.25) is 5.91 Å². The van der Waals surface area contributed by atoms with Gasteiger partial charge in [-0.1, -0.05) is 41.5 Å². The lowest BCUT2D eigenvalue weighted by Gasteiger charge is -2.27. The molecule has 0 radical (unpaired) electrons. The molecule has 0 aliphatic heterocycles. The van der Waals surface area contributed by atoms with E-state index in [0.717, 1.165) is 22.4 Å². The third kappa shape index (κ3) is 5.22. The first-order valence-electron chi connectivity index (χ1n) is 9.19. The van der Waals surface area contributed by atoms with Crippen LogP contribution in [0.2, 0.25) is 0 Å². The Kier molecular flexibility index (Phi) is 5.83. The number of nitrogens with zero attached hydrogens (tertiary/aromatic N) is 2. The summed E-state index contributed by atoms with van der Waals surface area (Å²) >= 11 is 0. The molecule has 1 heterocycles. The third-order valence-electron chi connectivity index (χ3n) is 4.54. The van der Waals surface area contributed by atoms with E-state index in [1.165, 1.54) is 0 Å². The number of hydrazone groups is 1. The highest BCUT2D eigenvalue weighted by atomic mass is 16.3. The Hall–Kier alpha value is -2.56. The first-order valence-corrected chi connectivity index (χ1v) is 9.19. The fraction of sp³-hybridized carbons (Fsp3) is 0.455. The van der Waals surface area contributed by atoms with Crippen LogP contribution in [-0.2, 0) is 29.1 Å². The van der Waals surface area contributed by atoms with Gasteiger partial charge in [-0.3, -0.25) is 4.79 Å². The van der Waals surface area contributed by atoms with Crippen LogP contribution in [0.15, 0.2) is 35.6 Å². The number of aryl methyl sites for hydroxylation is 1. The van der Waals surface area contributed by atoms with Crippen molar-refractivity contribution in [3.63, 3.8) is 0 Å². The Morgan fingerprint density at radius 2 is 1.70 bits per heavy atom. The van der Waals surface area contributed by atoms with Crippen LogP contribution in [0.4, 0.5) is 0 Å². The molecule has 0 fully saturated rings. The number of rotatable bonds is 4. The first kappa shape index (κ1) is 20.7. The summed E-state index contributed by atoms with van der Waals surface area (Å²) in [4.78, 5) is 12.1. The fourth-order valence-electron chi connectivity index (χ4n) is 2.94. The van der Waals surface area contributed by atoms with Gasteiger partial charge in [0.15, 0.2) is 0 Å². The number of amides is 1. The van der Waals surface area contributed by atoms with Gasteiger partial charge in [-0.25, -0.2) is 5.43 Å². The lowest BCUT2D eigenvalue weighted by Crippen LogP contribution is -2.21. The molecule has 0 bridgehead atoms. The number of aromatic nitrogens is 1. The second-order valence-corrected chi connectivity index (χ2v) is 9.05. The molecule has 1 aromatic carbocycles. The minimum absolute atomic E-state index is 0.168. The van der Waals surface area contributed by atoms with E-state index in [-0.39, 0.29) is 23.2 Å². The van der Waals surface area contributed by atoms with Gasteiger partial charge in [0.25, 0.3) is 0 Å². The molecule has 146 valence electrons. The normalized spacial score (nSPS) is 12.6. The summed E-state index contributed by atoms with van der Waals surface area (Å²) in [5.74, 6) is 0.166. The molecule has 5 heteroatoms. The van der Waals surface area contributed by atoms with Crippen molar-refractivity contribution < 1.29 is 9.90 Å². The van der Waals surface area contributed by atoms with Gasteiger partial charge in [0.1, 0.15) is 5.75 Å². The largest absolute Gasteiger partial charge is 0.507 e. The molecule has 27 heavy (non-hydrogen) atoms. The van der Waals surface area contributed by atoms with Gasteiger partial charge < -0.3 is 9.67 Å². The maximum Gasteiger partial charge on any atom is 0.245 e. The monoisotopic (exact) mass is 369 g/mol. The van der Waals surface area contributed by atoms with E-state index >= 15 is 0 Å². The summed E-state index contributed by atoms with van der Waals surface area (Å²) in [6, 6.07) is 7.67. The number of carbonyl (C=O) groups is 1. The minimum atomic E-state index is -0.205. The second-order valence-electron chi connectivity index (χ2n) is 9.05. The van der Waals surface area contributed by atoms with Crippen molar-refractivity contribution in [3.8, 4) is 5.75 Å². The van der Waals surface area contributed by atoms with E-state index in [0.29, 0.717) is 5.75 Å². The molecule has 5 nitrogen and oxygen atoms in total. The average molecular weight is 370 g/mol. The molecule has 0 aliphatic rings. The first-order chi connectivity index (χ1) is 12.4. The maximum atomic E-state index is 12.1. The summed E-state index contributed by atoms with van der Waals surface area (Å²) < 4.78 is 1.91. The Morgan fingerprint density at radius 1 is 1.15 bits per heavy atom. The molecule has 0 spiro atoms. The number of benzene rings is 1. The molecule has 0 aliphatic carbocycles. The van der Waals surface area contributed by atoms with Crippen molar-refractivity contribution >= 4 is 12.1 Å². The van der Waals surface area contributed by atoms with Crippen LogP contribution in [0.1, 0.15) is 63.9 Å². The Labute approximate surface area is 162 Å². The highest BCUT2D eigenvalue weighted by molar-refractivity contribution is 5.84. The lowest BCUT2D eigenvalue weighted by molar-refractivity contribution is -0.120. The van der Waals surface area contributed by atoms with Gasteiger partial charge in [-0.05, 0) is 40.7 Å². The molecule has 2 rings (SSSR count). The van der Waals surface area contributed by atoms with Crippen molar-refractivity contribution in [3.05, 3.63) is 52.8 Å². The van der Waals surface area contributed by atoms with E-state index in [1.54, 1.807) is 6.21 Å². The van der Waals surface area contributed by atoms with Gasteiger partial charge in [-0.2, -0.15) is 5.10 Å². The number of hydrogen-bond acceptors (Lipinski definition) is 3. The van der Waals surface area contributed by atoms with E-state index in [1.807, 2.05) is 42.1 Å². The Balaban J connectivity index is 2.23. The zero-order valence-electron chi connectivity index (χ0n) is 17.4. The van der Waals surface area contributed by atoms with Crippen LogP contribution in [0.5, 0.6) is 5.75 Å². The number of hydrogen-bond donors (Lipinski definition) is 2. The van der Waals surface area contributed by atoms with Gasteiger partial charge in [0, 0.05) is 30.1 Å². The van der Waals surface area contributed by atoms with Crippen molar-refractivity contribution in [1.29, 1.82) is 0 Å². The van der Waals surface area contributed by atoms with Crippen molar-refractivity contribution in [2.24, 2.45) is 12.1 Å². The molecule has 2 aromatic rings. The van der Waals surface area contributed by atoms with Gasteiger partial charge in [-0.15, -0.1) is 0 Å². The van der Waals surface area contributed by atoms with E-state index < -0.39 is 0 Å². The summed E-state index contributed by atoms with van der Waals surface area (Å²) in [6.45, 7) is 12.4. The van der Waals surface area contributed by atoms with E-state index in [9.17, 15) is 9.90 Å². The molecule has 1 amide bonds. The zero-order chi connectivity index (χ0) is 20.4. The van der Waals surface area contributed by atoms with Crippen LogP contribution in [0.3, 0.4) is 0 Å². The minimum Gasteiger partial charge on any atom is -0.507 e. The maximum absolute atomic E-state index is 12.1. The molecule has 0 saturated heterocycles. The number of phenols is 1. The number of aromatic hydroxyl groups is 1. The van der Waals surface area contributed by atoms with Crippen LogP contribution in [0.25, 0.3) is 0 Å². The molecule has 0 unspecified atom stereocenters. The average Bonchev–Trinajstić information content (AvgIpc) is 2.91. The van der Waals surface area contributed by atoms with Crippen molar-refractivity contribution in [2.45, 2.75) is 58.8 Å². The summed E-state index contributed by atoms with van der Waals surface area (Å²) in [7, 11) is 1.91. The smallest absolute Gasteiger partial charge is 0.245 e. The SMILES string of the molecule is Cn1cccc1CC(=O)N/N=C\c1cc(C(C)(C)C)c(O)c(C(C)(C)C)c1. The molecular weight excluding hydrogens is 338 g/mol. The second kappa shape index (κ2) is 7.59. The van der Waals surface area contributed by atoms with Crippen LogP contribution >= 0.6 is 0 Å². The Bertz CT molecular complexity index is 814. The van der Waals surface area contributed by atoms with Crippen molar-refractivity contribution in [1.82, 2.24) is 9.99 Å². The lowest BCUT2D eigenvalue weighted by atomic mass is 9.78. The van der Waals surface area contributed by atoms with Crippen LogP contribution in [0, 0.1) is 0 Å². The standard InChI is InChI=1S/C22H31N3O2/c1-21(2,3)17-11-15(12-18(20(17)27)22(4,5)6)14-23-24-19(26)13-16-9-8-10-25(16)7/h8-12,14,27H,13H2,1-7H3,(H,24,26)/b23-14-. The quantitative estimate of drug-likeness (QED) is 0.631. The zero-order valence-corrected chi connectivity index (χ0v) is 17.4. The third-order valence-corrected chi connectivity index (χ3v) is 4.54. The van der Waals surface area contributed by atoms with E-state index in [4.69, 9.17) is 0 Å². The molecule has 0 atom stereocenters. The number of carbonyl (C=O) groups excluding carboxylic acids is 1. The fourth-order valence-corrected chi connectivity index (χ4v) is 2.94. The molecule has 1 aromatic heterocycles. The number of nitrogens with one attached hydrogen (secondary N) is 1. The highest BCUT2D eigenvalue weighted by Crippen LogP contribution is 2.39. The van der Waals surface area contributed by atoms with Crippen molar-refractivity contribution in [2.75, 3.05) is 0 Å². The molecule has 2 N–H and O–H groups in total. The predicted octanol–water partition coefficient (Wildman–Crippen LogP) is 4.02. The van der Waals surface area contributed by atoms with E-state index in [2.05, 4.69) is 52.1 Å². The highest BCUT2D eigenvalue weighted by Gasteiger charge is 2.26. The number of phenolic OH excluding ortho intramolecular Hbond substituents is 1. The summed E-state index contributed by atoms with van der Waals surface area (Å²) in [5, 5.41) is 14.9. The summed E-state index contributed by atoms with van der Waals surface area (Å²) in [5.41, 5.74) is 5.68. The Morgan fingerprint density at radius 3 is 2.15 bits per heavy atom. The predicted molar refractivity (Wildman–Crippen MR) is 110 cm³/mol. The van der Waals surface area contributed by atoms with Crippen LogP contribution < -0.4 is 5.43 Å².